The number of aryl methyl sites for hydroxylation is 1. The van der Waals surface area contributed by atoms with Gasteiger partial charge >= 0.3 is 0 Å². The molecule has 0 unspecified atom stereocenters. The highest BCUT2D eigenvalue weighted by Gasteiger charge is 2.13. The van der Waals surface area contributed by atoms with Crippen LogP contribution in [-0.4, -0.2) is 46.4 Å². The fourth-order valence-corrected chi connectivity index (χ4v) is 3.81. The Hall–Kier alpha value is -2.86. The van der Waals surface area contributed by atoms with Crippen LogP contribution < -0.4 is 5.32 Å². The van der Waals surface area contributed by atoms with Crippen LogP contribution in [0.1, 0.15) is 38.8 Å². The van der Waals surface area contributed by atoms with Crippen LogP contribution in [0, 0.1) is 12.7 Å². The number of aromatic nitrogens is 1. The van der Waals surface area contributed by atoms with Gasteiger partial charge in [0.15, 0.2) is 5.88 Å². The normalized spacial score (nSPS) is 12.2. The lowest BCUT2D eigenvalue weighted by atomic mass is 10.1. The number of nitrogens with one attached hydrogen (secondary N) is 2. The lowest BCUT2D eigenvalue weighted by Crippen LogP contribution is -2.40. The summed E-state index contributed by atoms with van der Waals surface area (Å²) in [5.74, 6) is -0.370. The van der Waals surface area contributed by atoms with Gasteiger partial charge in [-0.15, -0.1) is 0 Å². The standard InChI is InChI=1S/C24H31FN4O/c1-15(2)29(16(3)4)11-10-26-22-9-7-19(12-17(22)5)27-14-21-20-8-6-18(25)13-23(20)28-24(21)30/h6-9,12-16,26,28,30H,10-11H2,1-5H3. The van der Waals surface area contributed by atoms with Crippen LogP contribution in [0.5, 0.6) is 5.88 Å². The van der Waals surface area contributed by atoms with Gasteiger partial charge in [0, 0.05) is 42.5 Å². The first-order chi connectivity index (χ1) is 14.3. The number of aromatic hydroxyl groups is 1. The predicted octanol–water partition coefficient (Wildman–Crippen LogP) is 5.60. The van der Waals surface area contributed by atoms with Crippen molar-refractivity contribution in [3.8, 4) is 5.88 Å². The highest BCUT2D eigenvalue weighted by atomic mass is 19.1. The van der Waals surface area contributed by atoms with E-state index in [0.717, 1.165) is 35.4 Å². The number of anilines is 1. The van der Waals surface area contributed by atoms with Gasteiger partial charge in [-0.25, -0.2) is 4.39 Å². The van der Waals surface area contributed by atoms with E-state index in [9.17, 15) is 9.50 Å². The Labute approximate surface area is 177 Å². The Morgan fingerprint density at radius 1 is 1.13 bits per heavy atom. The van der Waals surface area contributed by atoms with Crippen molar-refractivity contribution < 1.29 is 9.50 Å². The minimum absolute atomic E-state index is 0.0192. The van der Waals surface area contributed by atoms with Crippen molar-refractivity contribution >= 4 is 28.5 Å². The van der Waals surface area contributed by atoms with Crippen molar-refractivity contribution in [2.45, 2.75) is 46.7 Å². The molecule has 5 nitrogen and oxygen atoms in total. The van der Waals surface area contributed by atoms with E-state index in [1.165, 1.54) is 12.1 Å². The molecule has 0 amide bonds. The monoisotopic (exact) mass is 410 g/mol. The van der Waals surface area contributed by atoms with Gasteiger partial charge in [0.1, 0.15) is 5.82 Å². The third-order valence-electron chi connectivity index (χ3n) is 5.34. The SMILES string of the molecule is Cc1cc(N=Cc2c(O)[nH]c3cc(F)ccc23)ccc1NCCN(C(C)C)C(C)C. The molecule has 160 valence electrons. The summed E-state index contributed by atoms with van der Waals surface area (Å²) in [5, 5.41) is 14.4. The molecule has 0 aliphatic heterocycles. The number of aliphatic imine (C=N–C) groups is 1. The van der Waals surface area contributed by atoms with Crippen molar-refractivity contribution in [2.24, 2.45) is 4.99 Å². The van der Waals surface area contributed by atoms with Gasteiger partial charge in [0.25, 0.3) is 0 Å². The van der Waals surface area contributed by atoms with Crippen molar-refractivity contribution in [1.29, 1.82) is 0 Å². The molecule has 3 rings (SSSR count). The van der Waals surface area contributed by atoms with Crippen molar-refractivity contribution in [1.82, 2.24) is 9.88 Å². The molecule has 0 aliphatic rings. The van der Waals surface area contributed by atoms with E-state index >= 15 is 0 Å². The first-order valence-corrected chi connectivity index (χ1v) is 10.4. The van der Waals surface area contributed by atoms with Crippen LogP contribution in [-0.2, 0) is 0 Å². The van der Waals surface area contributed by atoms with Crippen LogP contribution in [0.3, 0.4) is 0 Å². The summed E-state index contributed by atoms with van der Waals surface area (Å²) in [6.07, 6.45) is 1.61. The number of benzene rings is 2. The fourth-order valence-electron chi connectivity index (χ4n) is 3.81. The summed E-state index contributed by atoms with van der Waals surface area (Å²) < 4.78 is 13.4. The zero-order chi connectivity index (χ0) is 21.8. The van der Waals surface area contributed by atoms with Gasteiger partial charge in [-0.2, -0.15) is 0 Å². The first kappa shape index (κ1) is 21.8. The number of aromatic amines is 1. The van der Waals surface area contributed by atoms with Gasteiger partial charge in [-0.1, -0.05) is 0 Å². The third kappa shape index (κ3) is 5.00. The molecule has 0 saturated heterocycles. The van der Waals surface area contributed by atoms with E-state index in [2.05, 4.69) is 54.8 Å². The molecule has 0 spiro atoms. The van der Waals surface area contributed by atoms with Crippen LogP contribution in [0.2, 0.25) is 0 Å². The summed E-state index contributed by atoms with van der Waals surface area (Å²) in [5.41, 5.74) is 4.08. The van der Waals surface area contributed by atoms with E-state index < -0.39 is 0 Å². The minimum atomic E-state index is -0.351. The maximum absolute atomic E-state index is 13.4. The molecular weight excluding hydrogens is 379 g/mol. The lowest BCUT2D eigenvalue weighted by molar-refractivity contribution is 0.182. The second-order valence-corrected chi connectivity index (χ2v) is 8.19. The van der Waals surface area contributed by atoms with Crippen molar-refractivity contribution in [3.63, 3.8) is 0 Å². The molecule has 1 heterocycles. The van der Waals surface area contributed by atoms with E-state index in [1.54, 1.807) is 12.3 Å². The fraction of sp³-hybridized carbons (Fsp3) is 0.375. The van der Waals surface area contributed by atoms with Gasteiger partial charge < -0.3 is 15.4 Å². The summed E-state index contributed by atoms with van der Waals surface area (Å²) >= 11 is 0. The number of H-pyrrole nitrogens is 1. The predicted molar refractivity (Wildman–Crippen MR) is 124 cm³/mol. The quantitative estimate of drug-likeness (QED) is 0.423. The molecule has 0 bridgehead atoms. The Bertz CT molecular complexity index is 1030. The number of nitrogens with zero attached hydrogens (tertiary/aromatic N) is 2. The molecule has 0 fully saturated rings. The Balaban J connectivity index is 1.69. The molecule has 30 heavy (non-hydrogen) atoms. The van der Waals surface area contributed by atoms with E-state index in [-0.39, 0.29) is 11.7 Å². The topological polar surface area (TPSA) is 63.7 Å². The highest BCUT2D eigenvalue weighted by molar-refractivity contribution is 6.02. The number of fused-ring (bicyclic) bond motifs is 1. The van der Waals surface area contributed by atoms with E-state index in [0.29, 0.717) is 23.2 Å². The van der Waals surface area contributed by atoms with Gasteiger partial charge in [0.05, 0.1) is 16.8 Å². The summed E-state index contributed by atoms with van der Waals surface area (Å²) in [4.78, 5) is 9.75. The molecule has 1 aromatic heterocycles. The summed E-state index contributed by atoms with van der Waals surface area (Å²) in [6.45, 7) is 12.8. The largest absolute Gasteiger partial charge is 0.494 e. The van der Waals surface area contributed by atoms with Crippen LogP contribution in [0.4, 0.5) is 15.8 Å². The van der Waals surface area contributed by atoms with Crippen LogP contribution in [0.25, 0.3) is 10.9 Å². The summed E-state index contributed by atoms with van der Waals surface area (Å²) in [6, 6.07) is 11.4. The Kier molecular flexibility index (Phi) is 6.77. The average molecular weight is 411 g/mol. The number of rotatable bonds is 8. The second kappa shape index (κ2) is 9.30. The van der Waals surface area contributed by atoms with Crippen molar-refractivity contribution in [3.05, 3.63) is 53.3 Å². The van der Waals surface area contributed by atoms with Gasteiger partial charge in [-0.05, 0) is 76.6 Å². The molecule has 0 saturated carbocycles. The molecule has 0 atom stereocenters. The van der Waals surface area contributed by atoms with Crippen LogP contribution >= 0.6 is 0 Å². The smallest absolute Gasteiger partial charge is 0.198 e. The molecule has 3 aromatic rings. The second-order valence-electron chi connectivity index (χ2n) is 8.19. The van der Waals surface area contributed by atoms with E-state index in [4.69, 9.17) is 0 Å². The number of halogens is 1. The average Bonchev–Trinajstić information content (AvgIpc) is 2.98. The zero-order valence-corrected chi connectivity index (χ0v) is 18.3. The Morgan fingerprint density at radius 3 is 2.53 bits per heavy atom. The molecule has 0 aliphatic carbocycles. The highest BCUT2D eigenvalue weighted by Crippen LogP contribution is 2.27. The van der Waals surface area contributed by atoms with Crippen LogP contribution in [0.15, 0.2) is 41.4 Å². The number of hydrogen-bond acceptors (Lipinski definition) is 4. The minimum Gasteiger partial charge on any atom is -0.494 e. The Morgan fingerprint density at radius 2 is 1.87 bits per heavy atom. The maximum Gasteiger partial charge on any atom is 0.198 e. The molecule has 3 N–H and O–H groups in total. The number of hydrogen-bond donors (Lipinski definition) is 3. The molecular formula is C24H31FN4O. The molecule has 0 radical (unpaired) electrons. The first-order valence-electron chi connectivity index (χ1n) is 10.4. The van der Waals surface area contributed by atoms with E-state index in [1.807, 2.05) is 18.2 Å². The molecule has 2 aromatic carbocycles. The zero-order valence-electron chi connectivity index (χ0n) is 18.3. The third-order valence-corrected chi connectivity index (χ3v) is 5.34. The molecule has 6 heteroatoms. The van der Waals surface area contributed by atoms with Gasteiger partial charge in [0.2, 0.25) is 0 Å². The van der Waals surface area contributed by atoms with Gasteiger partial charge in [-0.3, -0.25) is 9.89 Å². The lowest BCUT2D eigenvalue weighted by Gasteiger charge is -2.30. The summed E-state index contributed by atoms with van der Waals surface area (Å²) in [7, 11) is 0. The maximum atomic E-state index is 13.4. The van der Waals surface area contributed by atoms with Crippen molar-refractivity contribution in [2.75, 3.05) is 18.4 Å².